The van der Waals surface area contributed by atoms with E-state index in [2.05, 4.69) is 15.5 Å². The van der Waals surface area contributed by atoms with E-state index in [-0.39, 0.29) is 23.5 Å². The first kappa shape index (κ1) is 12.1. The zero-order valence-electron chi connectivity index (χ0n) is 9.83. The number of nitrogens with zero attached hydrogens (tertiary/aromatic N) is 2. The molecule has 2 unspecified atom stereocenters. The quantitative estimate of drug-likeness (QED) is 0.785. The van der Waals surface area contributed by atoms with Gasteiger partial charge in [-0.2, -0.15) is 4.98 Å². The molecule has 2 aliphatic heterocycles. The van der Waals surface area contributed by atoms with Crippen LogP contribution < -0.4 is 5.32 Å². The van der Waals surface area contributed by atoms with Gasteiger partial charge in [0.2, 0.25) is 11.7 Å². The van der Waals surface area contributed by atoms with Crippen molar-refractivity contribution in [2.75, 3.05) is 31.2 Å². The number of hydrogen-bond donors (Lipinski definition) is 1. The van der Waals surface area contributed by atoms with Gasteiger partial charge in [0.15, 0.2) is 9.84 Å². The maximum atomic E-state index is 11.4. The van der Waals surface area contributed by atoms with Gasteiger partial charge in [0.25, 0.3) is 0 Å². The largest absolute Gasteiger partial charge is 0.367 e. The minimum absolute atomic E-state index is 0.110. The number of aromatic nitrogens is 2. The lowest BCUT2D eigenvalue weighted by molar-refractivity contribution is 0.0208. The molecular weight excluding hydrogens is 258 g/mol. The van der Waals surface area contributed by atoms with Crippen LogP contribution in [0.3, 0.4) is 0 Å². The molecule has 0 amide bonds. The van der Waals surface area contributed by atoms with Crippen LogP contribution in [0, 0.1) is 0 Å². The molecule has 2 aliphatic rings. The molecule has 3 heterocycles. The second-order valence-corrected chi connectivity index (χ2v) is 6.88. The van der Waals surface area contributed by atoms with Gasteiger partial charge in [-0.25, -0.2) is 8.42 Å². The minimum atomic E-state index is -2.93. The first-order valence-electron chi connectivity index (χ1n) is 6.00. The highest BCUT2D eigenvalue weighted by Crippen LogP contribution is 2.28. The van der Waals surface area contributed by atoms with Gasteiger partial charge < -0.3 is 14.6 Å². The Morgan fingerprint density at radius 1 is 1.39 bits per heavy atom. The van der Waals surface area contributed by atoms with Crippen LogP contribution in [0.4, 0.5) is 0 Å². The predicted molar refractivity (Wildman–Crippen MR) is 61.9 cm³/mol. The first-order valence-corrected chi connectivity index (χ1v) is 7.82. The van der Waals surface area contributed by atoms with E-state index in [0.29, 0.717) is 31.3 Å². The fourth-order valence-electron chi connectivity index (χ4n) is 2.26. The number of nitrogens with one attached hydrogen (secondary N) is 1. The highest BCUT2D eigenvalue weighted by Gasteiger charge is 2.33. The third-order valence-electron chi connectivity index (χ3n) is 3.25. The number of morpholine rings is 1. The van der Waals surface area contributed by atoms with Crippen molar-refractivity contribution in [3.05, 3.63) is 11.7 Å². The minimum Gasteiger partial charge on any atom is -0.367 e. The Kier molecular flexibility index (Phi) is 3.08. The predicted octanol–water partition coefficient (Wildman–Crippen LogP) is -0.367. The summed E-state index contributed by atoms with van der Waals surface area (Å²) in [6.07, 6.45) is 0.363. The van der Waals surface area contributed by atoms with E-state index < -0.39 is 9.84 Å². The van der Waals surface area contributed by atoms with Crippen LogP contribution in [-0.2, 0) is 14.6 Å². The summed E-state index contributed by atoms with van der Waals surface area (Å²) in [7, 11) is -2.93. The molecule has 0 bridgehead atoms. The molecule has 8 heteroatoms. The van der Waals surface area contributed by atoms with E-state index in [4.69, 9.17) is 9.26 Å². The fourth-order valence-corrected chi connectivity index (χ4v) is 4.00. The maximum absolute atomic E-state index is 11.4. The van der Waals surface area contributed by atoms with E-state index in [1.165, 1.54) is 0 Å². The van der Waals surface area contributed by atoms with Gasteiger partial charge in [-0.15, -0.1) is 0 Å². The molecule has 0 radical (unpaired) electrons. The monoisotopic (exact) mass is 273 g/mol. The molecule has 7 nitrogen and oxygen atoms in total. The topological polar surface area (TPSA) is 94.3 Å². The molecule has 2 atom stereocenters. The summed E-state index contributed by atoms with van der Waals surface area (Å²) in [6, 6.07) is 0. The molecule has 1 N–H and O–H groups in total. The van der Waals surface area contributed by atoms with Crippen LogP contribution in [0.2, 0.25) is 0 Å². The van der Waals surface area contributed by atoms with Crippen molar-refractivity contribution < 1.29 is 17.7 Å². The molecule has 0 aliphatic carbocycles. The summed E-state index contributed by atoms with van der Waals surface area (Å²) in [4.78, 5) is 4.27. The van der Waals surface area contributed by atoms with Gasteiger partial charge in [0, 0.05) is 13.1 Å². The summed E-state index contributed by atoms with van der Waals surface area (Å²) in [5.74, 6) is 1.07. The van der Waals surface area contributed by atoms with Crippen molar-refractivity contribution in [2.24, 2.45) is 0 Å². The van der Waals surface area contributed by atoms with Crippen molar-refractivity contribution in [1.82, 2.24) is 15.5 Å². The summed E-state index contributed by atoms with van der Waals surface area (Å²) in [6.45, 7) is 2.09. The maximum Gasteiger partial charge on any atom is 0.230 e. The Balaban J connectivity index is 1.73. The number of ether oxygens (including phenoxy) is 1. The summed E-state index contributed by atoms with van der Waals surface area (Å²) in [5.41, 5.74) is 0. The summed E-state index contributed by atoms with van der Waals surface area (Å²) >= 11 is 0. The third kappa shape index (κ3) is 2.40. The lowest BCUT2D eigenvalue weighted by Gasteiger charge is -2.20. The van der Waals surface area contributed by atoms with E-state index in [9.17, 15) is 8.42 Å². The fraction of sp³-hybridized carbons (Fsp3) is 0.800. The highest BCUT2D eigenvalue weighted by molar-refractivity contribution is 7.91. The number of sulfone groups is 1. The van der Waals surface area contributed by atoms with E-state index in [1.54, 1.807) is 0 Å². The number of rotatable bonds is 2. The van der Waals surface area contributed by atoms with Gasteiger partial charge >= 0.3 is 0 Å². The molecular formula is C10H15N3O4S. The second kappa shape index (κ2) is 4.60. The van der Waals surface area contributed by atoms with E-state index in [1.807, 2.05) is 0 Å². The molecule has 18 heavy (non-hydrogen) atoms. The van der Waals surface area contributed by atoms with Gasteiger partial charge in [-0.1, -0.05) is 5.16 Å². The normalized spacial score (nSPS) is 31.6. The smallest absolute Gasteiger partial charge is 0.230 e. The molecule has 2 fully saturated rings. The van der Waals surface area contributed by atoms with Crippen molar-refractivity contribution in [3.8, 4) is 0 Å². The second-order valence-electron chi connectivity index (χ2n) is 4.65. The van der Waals surface area contributed by atoms with Gasteiger partial charge in [0.1, 0.15) is 6.10 Å². The van der Waals surface area contributed by atoms with Gasteiger partial charge in [-0.05, 0) is 6.42 Å². The van der Waals surface area contributed by atoms with Crippen LogP contribution in [0.1, 0.15) is 30.2 Å². The Labute approximate surface area is 105 Å². The Hall–Kier alpha value is -0.990. The standard InChI is InChI=1S/C10H15N3O4S/c14-18(15)4-1-7(6-18)10-12-9(13-17-10)8-5-11-2-3-16-8/h7-8,11H,1-6H2. The summed E-state index contributed by atoms with van der Waals surface area (Å²) in [5, 5.41) is 7.07. The zero-order valence-corrected chi connectivity index (χ0v) is 10.6. The van der Waals surface area contributed by atoms with Gasteiger partial charge in [-0.3, -0.25) is 0 Å². The summed E-state index contributed by atoms with van der Waals surface area (Å²) < 4.78 is 33.5. The molecule has 3 rings (SSSR count). The Morgan fingerprint density at radius 2 is 2.28 bits per heavy atom. The third-order valence-corrected chi connectivity index (χ3v) is 5.02. The Morgan fingerprint density at radius 3 is 2.94 bits per heavy atom. The van der Waals surface area contributed by atoms with Crippen molar-refractivity contribution in [2.45, 2.75) is 18.4 Å². The molecule has 2 saturated heterocycles. The first-order chi connectivity index (χ1) is 8.64. The molecule has 1 aromatic rings. The molecule has 100 valence electrons. The number of hydrogen-bond acceptors (Lipinski definition) is 7. The molecule has 0 spiro atoms. The average molecular weight is 273 g/mol. The van der Waals surface area contributed by atoms with E-state index >= 15 is 0 Å². The SMILES string of the molecule is O=S1(=O)CCC(c2nc(C3CNCCO3)no2)C1. The Bertz CT molecular complexity index is 521. The zero-order chi connectivity index (χ0) is 12.6. The van der Waals surface area contributed by atoms with Crippen LogP contribution >= 0.6 is 0 Å². The van der Waals surface area contributed by atoms with Crippen molar-refractivity contribution >= 4 is 9.84 Å². The van der Waals surface area contributed by atoms with Crippen molar-refractivity contribution in [3.63, 3.8) is 0 Å². The van der Waals surface area contributed by atoms with Crippen LogP contribution in [0.5, 0.6) is 0 Å². The molecule has 1 aromatic heterocycles. The van der Waals surface area contributed by atoms with Gasteiger partial charge in [0.05, 0.1) is 24.0 Å². The highest BCUT2D eigenvalue weighted by atomic mass is 32.2. The van der Waals surface area contributed by atoms with Crippen LogP contribution in [0.15, 0.2) is 4.52 Å². The average Bonchev–Trinajstić information content (AvgIpc) is 2.96. The van der Waals surface area contributed by atoms with Crippen LogP contribution in [-0.4, -0.2) is 49.8 Å². The lowest BCUT2D eigenvalue weighted by atomic mass is 10.1. The van der Waals surface area contributed by atoms with Crippen LogP contribution in [0.25, 0.3) is 0 Å². The molecule has 0 saturated carbocycles. The molecule has 0 aromatic carbocycles. The lowest BCUT2D eigenvalue weighted by Crippen LogP contribution is -2.33. The van der Waals surface area contributed by atoms with Crippen molar-refractivity contribution in [1.29, 1.82) is 0 Å². The van der Waals surface area contributed by atoms with E-state index in [0.717, 1.165) is 6.54 Å².